The molecule has 2 rings (SSSR count). The van der Waals surface area contributed by atoms with Gasteiger partial charge in [0.15, 0.2) is 5.89 Å². The van der Waals surface area contributed by atoms with Crippen molar-refractivity contribution in [2.45, 2.75) is 39.5 Å². The lowest BCUT2D eigenvalue weighted by Crippen LogP contribution is -2.38. The summed E-state index contributed by atoms with van der Waals surface area (Å²) in [7, 11) is 0. The molecule has 0 atom stereocenters. The highest BCUT2D eigenvalue weighted by atomic mass is 16.4. The van der Waals surface area contributed by atoms with Gasteiger partial charge in [0.1, 0.15) is 0 Å². The summed E-state index contributed by atoms with van der Waals surface area (Å²) in [5.41, 5.74) is 0.466. The molecule has 0 radical (unpaired) electrons. The number of aryl methyl sites for hydroxylation is 2. The topological polar surface area (TPSA) is 75.4 Å². The summed E-state index contributed by atoms with van der Waals surface area (Å²) < 4.78 is 5.27. The fourth-order valence-electron chi connectivity index (χ4n) is 2.61. The van der Waals surface area contributed by atoms with Gasteiger partial charge < -0.3 is 14.8 Å². The smallest absolute Gasteiger partial charge is 0.289 e. The van der Waals surface area contributed by atoms with Gasteiger partial charge in [-0.25, -0.2) is 4.98 Å². The van der Waals surface area contributed by atoms with Gasteiger partial charge in [0, 0.05) is 18.9 Å². The van der Waals surface area contributed by atoms with Gasteiger partial charge in [-0.1, -0.05) is 12.8 Å². The summed E-state index contributed by atoms with van der Waals surface area (Å²) in [5, 5.41) is 12.3. The lowest BCUT2D eigenvalue weighted by atomic mass is 9.87. The lowest BCUT2D eigenvalue weighted by Gasteiger charge is -2.26. The van der Waals surface area contributed by atoms with Gasteiger partial charge in [0.05, 0.1) is 12.3 Å². The lowest BCUT2D eigenvalue weighted by molar-refractivity contribution is 0.0853. The molecule has 2 N–H and O–H groups in total. The van der Waals surface area contributed by atoms with Crippen molar-refractivity contribution in [2.75, 3.05) is 13.2 Å². The average Bonchev–Trinajstić information content (AvgIpc) is 2.94. The molecule has 1 saturated carbocycles. The molecule has 100 valence electrons. The third kappa shape index (κ3) is 2.56. The van der Waals surface area contributed by atoms with Crippen molar-refractivity contribution in [1.82, 2.24) is 10.3 Å². The molecule has 0 unspecified atom stereocenters. The number of aliphatic hydroxyl groups is 1. The molecule has 18 heavy (non-hydrogen) atoms. The van der Waals surface area contributed by atoms with Crippen LogP contribution in [0.15, 0.2) is 4.42 Å². The van der Waals surface area contributed by atoms with Crippen LogP contribution in [0.4, 0.5) is 0 Å². The van der Waals surface area contributed by atoms with Crippen LogP contribution < -0.4 is 5.32 Å². The van der Waals surface area contributed by atoms with Gasteiger partial charge in [0.25, 0.3) is 5.91 Å². The van der Waals surface area contributed by atoms with Crippen LogP contribution in [0.3, 0.4) is 0 Å². The normalized spacial score (nSPS) is 17.9. The average molecular weight is 252 g/mol. The number of hydrogen-bond donors (Lipinski definition) is 2. The number of rotatable bonds is 4. The molecular weight excluding hydrogens is 232 g/mol. The molecule has 1 aromatic heterocycles. The van der Waals surface area contributed by atoms with Crippen molar-refractivity contribution in [3.8, 4) is 0 Å². The second-order valence-electron chi connectivity index (χ2n) is 5.20. The molecule has 5 nitrogen and oxygen atoms in total. The summed E-state index contributed by atoms with van der Waals surface area (Å²) in [4.78, 5) is 16.0. The van der Waals surface area contributed by atoms with Crippen LogP contribution in [-0.4, -0.2) is 29.1 Å². The molecule has 1 amide bonds. The maximum absolute atomic E-state index is 12.0. The van der Waals surface area contributed by atoms with Gasteiger partial charge >= 0.3 is 0 Å². The molecule has 1 aromatic rings. The molecule has 5 heteroatoms. The van der Waals surface area contributed by atoms with Crippen LogP contribution in [0.25, 0.3) is 0 Å². The Morgan fingerprint density at radius 2 is 2.11 bits per heavy atom. The number of nitrogens with one attached hydrogen (secondary N) is 1. The van der Waals surface area contributed by atoms with Gasteiger partial charge in [0.2, 0.25) is 5.76 Å². The van der Waals surface area contributed by atoms with E-state index in [-0.39, 0.29) is 23.7 Å². The first-order valence-electron chi connectivity index (χ1n) is 6.39. The number of nitrogens with zero attached hydrogens (tertiary/aromatic N) is 1. The number of aliphatic hydroxyl groups excluding tert-OH is 1. The predicted molar refractivity (Wildman–Crippen MR) is 66.3 cm³/mol. The minimum Gasteiger partial charge on any atom is -0.436 e. The second-order valence-corrected chi connectivity index (χ2v) is 5.20. The van der Waals surface area contributed by atoms with Gasteiger partial charge in [-0.3, -0.25) is 4.79 Å². The summed E-state index contributed by atoms with van der Waals surface area (Å²) in [5.74, 6) is 0.529. The highest BCUT2D eigenvalue weighted by Crippen LogP contribution is 2.36. The predicted octanol–water partition coefficient (Wildman–Crippen LogP) is 1.57. The maximum Gasteiger partial charge on any atom is 0.289 e. The van der Waals surface area contributed by atoms with Crippen LogP contribution in [0, 0.1) is 19.3 Å². The van der Waals surface area contributed by atoms with Crippen molar-refractivity contribution in [3.63, 3.8) is 0 Å². The van der Waals surface area contributed by atoms with E-state index < -0.39 is 0 Å². The van der Waals surface area contributed by atoms with E-state index >= 15 is 0 Å². The number of hydrogen-bond acceptors (Lipinski definition) is 4. The Hall–Kier alpha value is -1.36. The highest BCUT2D eigenvalue weighted by Gasteiger charge is 2.33. The number of oxazole rings is 1. The number of amides is 1. The van der Waals surface area contributed by atoms with E-state index in [4.69, 9.17) is 4.42 Å². The van der Waals surface area contributed by atoms with E-state index in [0.717, 1.165) is 25.7 Å². The minimum atomic E-state index is -0.243. The minimum absolute atomic E-state index is 0.127. The van der Waals surface area contributed by atoms with Crippen molar-refractivity contribution in [2.24, 2.45) is 5.41 Å². The first-order valence-corrected chi connectivity index (χ1v) is 6.39. The van der Waals surface area contributed by atoms with Crippen molar-refractivity contribution in [1.29, 1.82) is 0 Å². The Bertz CT molecular complexity index is 433. The third-order valence-electron chi connectivity index (χ3n) is 3.73. The monoisotopic (exact) mass is 252 g/mol. The summed E-state index contributed by atoms with van der Waals surface area (Å²) >= 11 is 0. The molecular formula is C13H20N2O3. The van der Waals surface area contributed by atoms with Crippen LogP contribution in [-0.2, 0) is 0 Å². The molecule has 0 aliphatic heterocycles. The van der Waals surface area contributed by atoms with E-state index in [2.05, 4.69) is 10.3 Å². The molecule has 1 heterocycles. The Morgan fingerprint density at radius 3 is 2.61 bits per heavy atom. The van der Waals surface area contributed by atoms with Crippen LogP contribution in [0.1, 0.15) is 47.8 Å². The quantitative estimate of drug-likeness (QED) is 0.853. The second kappa shape index (κ2) is 5.10. The van der Waals surface area contributed by atoms with Crippen molar-refractivity contribution >= 4 is 5.91 Å². The molecule has 0 bridgehead atoms. The molecule has 1 aliphatic rings. The Labute approximate surface area is 107 Å². The highest BCUT2D eigenvalue weighted by molar-refractivity contribution is 5.92. The first-order chi connectivity index (χ1) is 8.56. The molecule has 0 saturated heterocycles. The Balaban J connectivity index is 1.98. The third-order valence-corrected chi connectivity index (χ3v) is 3.73. The van der Waals surface area contributed by atoms with E-state index in [1.165, 1.54) is 0 Å². The van der Waals surface area contributed by atoms with E-state index in [0.29, 0.717) is 18.1 Å². The Morgan fingerprint density at radius 1 is 1.44 bits per heavy atom. The molecule has 1 aliphatic carbocycles. The number of carbonyl (C=O) groups is 1. The van der Waals surface area contributed by atoms with E-state index in [1.807, 2.05) is 0 Å². The summed E-state index contributed by atoms with van der Waals surface area (Å²) in [6.07, 6.45) is 4.18. The van der Waals surface area contributed by atoms with Gasteiger partial charge in [-0.2, -0.15) is 0 Å². The largest absolute Gasteiger partial charge is 0.436 e. The SMILES string of the molecule is Cc1nc(C)c(C(=O)NCC2(CO)CCCC2)o1. The van der Waals surface area contributed by atoms with Gasteiger partial charge in [-0.05, 0) is 19.8 Å². The van der Waals surface area contributed by atoms with Gasteiger partial charge in [-0.15, -0.1) is 0 Å². The fourth-order valence-corrected chi connectivity index (χ4v) is 2.61. The summed E-state index contributed by atoms with van der Waals surface area (Å²) in [6.45, 7) is 4.10. The van der Waals surface area contributed by atoms with Crippen LogP contribution >= 0.6 is 0 Å². The fraction of sp³-hybridized carbons (Fsp3) is 0.692. The zero-order valence-corrected chi connectivity index (χ0v) is 11.0. The maximum atomic E-state index is 12.0. The molecule has 0 spiro atoms. The number of carbonyl (C=O) groups excluding carboxylic acids is 1. The summed E-state index contributed by atoms with van der Waals surface area (Å²) in [6, 6.07) is 0. The standard InChI is InChI=1S/C13H20N2O3/c1-9-11(18-10(2)15-9)12(17)14-7-13(8-16)5-3-4-6-13/h16H,3-8H2,1-2H3,(H,14,17). The number of aromatic nitrogens is 1. The van der Waals surface area contributed by atoms with Crippen molar-refractivity contribution < 1.29 is 14.3 Å². The Kier molecular flexibility index (Phi) is 3.71. The zero-order valence-electron chi connectivity index (χ0n) is 11.0. The van der Waals surface area contributed by atoms with Crippen molar-refractivity contribution in [3.05, 3.63) is 17.3 Å². The molecule has 1 fully saturated rings. The molecule has 0 aromatic carbocycles. The van der Waals surface area contributed by atoms with Crippen LogP contribution in [0.5, 0.6) is 0 Å². The zero-order chi connectivity index (χ0) is 13.2. The van der Waals surface area contributed by atoms with E-state index in [1.54, 1.807) is 13.8 Å². The van der Waals surface area contributed by atoms with E-state index in [9.17, 15) is 9.90 Å². The van der Waals surface area contributed by atoms with Crippen LogP contribution in [0.2, 0.25) is 0 Å². The first kappa shape index (κ1) is 13.1.